The Hall–Kier alpha value is -3.13. The third kappa shape index (κ3) is 4.48. The summed E-state index contributed by atoms with van der Waals surface area (Å²) >= 11 is 1.37. The molecular formula is C21H23N3O4S. The zero-order valence-corrected chi connectivity index (χ0v) is 17.4. The summed E-state index contributed by atoms with van der Waals surface area (Å²) in [6.07, 6.45) is 1.81. The molecule has 1 N–H and O–H groups in total. The van der Waals surface area contributed by atoms with Gasteiger partial charge in [-0.25, -0.2) is 4.98 Å². The van der Waals surface area contributed by atoms with Gasteiger partial charge in [-0.1, -0.05) is 30.0 Å². The number of para-hydroxylation sites is 2. The monoisotopic (exact) mass is 413 g/mol. The van der Waals surface area contributed by atoms with Crippen molar-refractivity contribution in [3.05, 3.63) is 49.1 Å². The topological polar surface area (TPSA) is 74.6 Å². The molecule has 3 aromatic rings. The molecule has 0 radical (unpaired) electrons. The van der Waals surface area contributed by atoms with E-state index in [-0.39, 0.29) is 11.7 Å². The van der Waals surface area contributed by atoms with E-state index in [9.17, 15) is 4.79 Å². The van der Waals surface area contributed by atoms with Gasteiger partial charge in [0.2, 0.25) is 11.7 Å². The maximum Gasteiger partial charge on any atom is 0.234 e. The summed E-state index contributed by atoms with van der Waals surface area (Å²) in [5, 5.41) is 3.64. The number of allylic oxidation sites excluding steroid dienone is 1. The lowest BCUT2D eigenvalue weighted by Crippen LogP contribution is -2.15. The lowest BCUT2D eigenvalue weighted by atomic mass is 10.2. The van der Waals surface area contributed by atoms with Gasteiger partial charge in [0, 0.05) is 24.4 Å². The summed E-state index contributed by atoms with van der Waals surface area (Å²) in [6.45, 7) is 4.43. The molecule has 29 heavy (non-hydrogen) atoms. The molecule has 7 nitrogen and oxygen atoms in total. The van der Waals surface area contributed by atoms with E-state index in [0.717, 1.165) is 16.2 Å². The second kappa shape index (κ2) is 9.38. The maximum absolute atomic E-state index is 12.5. The molecule has 1 amide bonds. The van der Waals surface area contributed by atoms with E-state index < -0.39 is 0 Å². The third-order valence-corrected chi connectivity index (χ3v) is 5.19. The number of aromatic nitrogens is 2. The summed E-state index contributed by atoms with van der Waals surface area (Å²) in [5.74, 6) is 1.46. The number of fused-ring (bicyclic) bond motifs is 1. The van der Waals surface area contributed by atoms with Gasteiger partial charge in [-0.15, -0.1) is 6.58 Å². The van der Waals surface area contributed by atoms with E-state index >= 15 is 0 Å². The molecule has 0 aliphatic heterocycles. The maximum atomic E-state index is 12.5. The number of nitrogens with zero attached hydrogens (tertiary/aromatic N) is 2. The molecule has 0 bridgehead atoms. The highest BCUT2D eigenvalue weighted by atomic mass is 32.2. The van der Waals surface area contributed by atoms with Gasteiger partial charge in [0.15, 0.2) is 16.7 Å². The van der Waals surface area contributed by atoms with E-state index in [4.69, 9.17) is 14.2 Å². The number of hydrogen-bond acceptors (Lipinski definition) is 6. The van der Waals surface area contributed by atoms with Gasteiger partial charge >= 0.3 is 0 Å². The summed E-state index contributed by atoms with van der Waals surface area (Å²) in [7, 11) is 4.59. The van der Waals surface area contributed by atoms with Crippen LogP contribution in [0.2, 0.25) is 0 Å². The second-order valence-electron chi connectivity index (χ2n) is 6.03. The number of anilines is 1. The van der Waals surface area contributed by atoms with Gasteiger partial charge in [-0.3, -0.25) is 4.79 Å². The zero-order chi connectivity index (χ0) is 20.8. The molecule has 1 heterocycles. The number of benzene rings is 2. The van der Waals surface area contributed by atoms with Crippen LogP contribution in [0, 0.1) is 0 Å². The number of carbonyl (C=O) groups excluding carboxylic acids is 1. The molecule has 0 unspecified atom stereocenters. The van der Waals surface area contributed by atoms with E-state index in [0.29, 0.717) is 29.5 Å². The van der Waals surface area contributed by atoms with Crippen LogP contribution in [0.5, 0.6) is 17.2 Å². The normalized spacial score (nSPS) is 10.6. The molecule has 2 aromatic carbocycles. The third-order valence-electron chi connectivity index (χ3n) is 4.21. The van der Waals surface area contributed by atoms with Gasteiger partial charge in [0.25, 0.3) is 0 Å². The van der Waals surface area contributed by atoms with Crippen LogP contribution in [0.3, 0.4) is 0 Å². The minimum Gasteiger partial charge on any atom is -0.493 e. The number of methoxy groups -OCH3 is 3. The SMILES string of the molecule is C=CCn1c(SCC(=O)Nc2cc(OC)c(OC)c(OC)c2)nc2ccccc21. The summed E-state index contributed by atoms with van der Waals surface area (Å²) in [4.78, 5) is 17.2. The van der Waals surface area contributed by atoms with Gasteiger partial charge in [-0.2, -0.15) is 0 Å². The van der Waals surface area contributed by atoms with Gasteiger partial charge in [0.05, 0.1) is 38.1 Å². The number of rotatable bonds is 9. The Morgan fingerprint density at radius 3 is 2.48 bits per heavy atom. The van der Waals surface area contributed by atoms with Crippen LogP contribution in [0.25, 0.3) is 11.0 Å². The smallest absolute Gasteiger partial charge is 0.234 e. The van der Waals surface area contributed by atoms with Gasteiger partial charge in [-0.05, 0) is 12.1 Å². The Morgan fingerprint density at radius 1 is 1.17 bits per heavy atom. The van der Waals surface area contributed by atoms with Crippen molar-refractivity contribution in [2.24, 2.45) is 0 Å². The predicted octanol–water partition coefficient (Wildman–Crippen LogP) is 3.98. The molecule has 0 atom stereocenters. The molecule has 0 saturated carbocycles. The average Bonchev–Trinajstić information content (AvgIpc) is 3.09. The first-order chi connectivity index (χ1) is 14.1. The molecular weight excluding hydrogens is 390 g/mol. The molecule has 152 valence electrons. The van der Waals surface area contributed by atoms with Crippen molar-refractivity contribution < 1.29 is 19.0 Å². The highest BCUT2D eigenvalue weighted by Crippen LogP contribution is 2.40. The van der Waals surface area contributed by atoms with E-state index in [1.165, 1.54) is 33.1 Å². The molecule has 1 aromatic heterocycles. The number of nitrogens with one attached hydrogen (secondary N) is 1. The fourth-order valence-electron chi connectivity index (χ4n) is 2.95. The van der Waals surface area contributed by atoms with Gasteiger partial charge < -0.3 is 24.1 Å². The standard InChI is InChI=1S/C21H23N3O4S/c1-5-10-24-16-9-7-6-8-15(16)23-21(24)29-13-19(25)22-14-11-17(26-2)20(28-4)18(12-14)27-3/h5-9,11-12H,1,10,13H2,2-4H3,(H,22,25). The minimum atomic E-state index is -0.165. The number of carbonyl (C=O) groups is 1. The molecule has 8 heteroatoms. The molecule has 3 rings (SSSR count). The van der Waals surface area contributed by atoms with Crippen LogP contribution in [-0.2, 0) is 11.3 Å². The number of ether oxygens (including phenoxy) is 3. The Balaban J connectivity index is 1.74. The fourth-order valence-corrected chi connectivity index (χ4v) is 3.77. The first-order valence-electron chi connectivity index (χ1n) is 8.90. The summed E-state index contributed by atoms with van der Waals surface area (Å²) in [6, 6.07) is 11.3. The van der Waals surface area contributed by atoms with Crippen molar-refractivity contribution in [3.63, 3.8) is 0 Å². The number of hydrogen-bond donors (Lipinski definition) is 1. The van der Waals surface area contributed by atoms with Crippen molar-refractivity contribution in [2.45, 2.75) is 11.7 Å². The molecule has 0 fully saturated rings. The Labute approximate surface area is 173 Å². The predicted molar refractivity (Wildman–Crippen MR) is 115 cm³/mol. The largest absolute Gasteiger partial charge is 0.493 e. The van der Waals surface area contributed by atoms with Crippen LogP contribution in [-0.4, -0.2) is 42.5 Å². The van der Waals surface area contributed by atoms with Crippen LogP contribution in [0.1, 0.15) is 0 Å². The lowest BCUT2D eigenvalue weighted by Gasteiger charge is -2.14. The van der Waals surface area contributed by atoms with Crippen molar-refractivity contribution >= 4 is 34.4 Å². The van der Waals surface area contributed by atoms with E-state index in [2.05, 4.69) is 16.9 Å². The lowest BCUT2D eigenvalue weighted by molar-refractivity contribution is -0.113. The van der Waals surface area contributed by atoms with Crippen molar-refractivity contribution in [2.75, 3.05) is 32.4 Å². The van der Waals surface area contributed by atoms with Gasteiger partial charge in [0.1, 0.15) is 0 Å². The van der Waals surface area contributed by atoms with E-state index in [1.807, 2.05) is 34.9 Å². The number of thioether (sulfide) groups is 1. The molecule has 0 aliphatic rings. The zero-order valence-electron chi connectivity index (χ0n) is 16.6. The summed E-state index contributed by atoms with van der Waals surface area (Å²) < 4.78 is 18.0. The number of imidazole rings is 1. The van der Waals surface area contributed by atoms with Crippen LogP contribution in [0.15, 0.2) is 54.2 Å². The second-order valence-corrected chi connectivity index (χ2v) is 6.98. The van der Waals surface area contributed by atoms with E-state index in [1.54, 1.807) is 12.1 Å². The highest BCUT2D eigenvalue weighted by molar-refractivity contribution is 7.99. The summed E-state index contributed by atoms with van der Waals surface area (Å²) in [5.41, 5.74) is 2.46. The first kappa shape index (κ1) is 20.6. The van der Waals surface area contributed by atoms with Crippen LogP contribution >= 0.6 is 11.8 Å². The number of amides is 1. The highest BCUT2D eigenvalue weighted by Gasteiger charge is 2.16. The molecule has 0 aliphatic carbocycles. The Bertz CT molecular complexity index is 1010. The van der Waals surface area contributed by atoms with Crippen LogP contribution in [0.4, 0.5) is 5.69 Å². The van der Waals surface area contributed by atoms with Crippen LogP contribution < -0.4 is 19.5 Å². The Kier molecular flexibility index (Phi) is 6.66. The fraction of sp³-hybridized carbons (Fsp3) is 0.238. The Morgan fingerprint density at radius 2 is 1.86 bits per heavy atom. The molecule has 0 saturated heterocycles. The van der Waals surface area contributed by atoms with Crippen molar-refractivity contribution in [1.29, 1.82) is 0 Å². The minimum absolute atomic E-state index is 0.165. The quantitative estimate of drug-likeness (QED) is 0.423. The first-order valence-corrected chi connectivity index (χ1v) is 9.88. The average molecular weight is 413 g/mol. The van der Waals surface area contributed by atoms with Crippen molar-refractivity contribution in [3.8, 4) is 17.2 Å². The molecule has 0 spiro atoms. The van der Waals surface area contributed by atoms with Crippen molar-refractivity contribution in [1.82, 2.24) is 9.55 Å².